The third-order valence-electron chi connectivity index (χ3n) is 3.36. The van der Waals surface area contributed by atoms with Crippen LogP contribution in [0.1, 0.15) is 11.4 Å². The Hall–Kier alpha value is -1.81. The number of nitrogens with zero attached hydrogens (tertiary/aromatic N) is 2. The first-order valence-electron chi connectivity index (χ1n) is 6.45. The van der Waals surface area contributed by atoms with Crippen molar-refractivity contribution >= 4 is 26.7 Å². The van der Waals surface area contributed by atoms with E-state index >= 15 is 0 Å². The monoisotopic (exact) mass is 330 g/mol. The summed E-state index contributed by atoms with van der Waals surface area (Å²) < 4.78 is 8.75. The van der Waals surface area contributed by atoms with Crippen molar-refractivity contribution in [2.24, 2.45) is 7.05 Å². The maximum Gasteiger partial charge on any atom is 0.131 e. The van der Waals surface area contributed by atoms with Gasteiger partial charge in [0.25, 0.3) is 0 Å². The summed E-state index contributed by atoms with van der Waals surface area (Å²) in [6, 6.07) is 14.4. The molecule has 0 bridgehead atoms. The molecule has 0 spiro atoms. The Labute approximate surface area is 126 Å². The van der Waals surface area contributed by atoms with Crippen molar-refractivity contribution in [3.63, 3.8) is 0 Å². The third-order valence-corrected chi connectivity index (χ3v) is 4.39. The van der Waals surface area contributed by atoms with E-state index in [-0.39, 0.29) is 0 Å². The van der Waals surface area contributed by atoms with Gasteiger partial charge in [0.05, 0.1) is 15.9 Å². The SMILES string of the molecule is Cc1nn(C)c(COc2ccc3ccccc3c2)c1Br. The zero-order valence-corrected chi connectivity index (χ0v) is 13.0. The highest BCUT2D eigenvalue weighted by Crippen LogP contribution is 2.24. The van der Waals surface area contributed by atoms with E-state index in [1.807, 2.05) is 36.9 Å². The summed E-state index contributed by atoms with van der Waals surface area (Å²) in [5.74, 6) is 0.870. The zero-order chi connectivity index (χ0) is 14.1. The Balaban J connectivity index is 1.83. The van der Waals surface area contributed by atoms with Gasteiger partial charge in [-0.3, -0.25) is 4.68 Å². The normalized spacial score (nSPS) is 10.9. The van der Waals surface area contributed by atoms with E-state index in [0.29, 0.717) is 6.61 Å². The molecule has 0 radical (unpaired) electrons. The lowest BCUT2D eigenvalue weighted by molar-refractivity contribution is 0.294. The number of hydrogen-bond acceptors (Lipinski definition) is 2. The van der Waals surface area contributed by atoms with Crippen LogP contribution in [-0.2, 0) is 13.7 Å². The first-order chi connectivity index (χ1) is 9.65. The average molecular weight is 331 g/mol. The molecule has 0 atom stereocenters. The highest BCUT2D eigenvalue weighted by atomic mass is 79.9. The summed E-state index contributed by atoms with van der Waals surface area (Å²) in [6.07, 6.45) is 0. The fraction of sp³-hybridized carbons (Fsp3) is 0.188. The Morgan fingerprint density at radius 2 is 1.90 bits per heavy atom. The van der Waals surface area contributed by atoms with Gasteiger partial charge in [0.15, 0.2) is 0 Å². The third kappa shape index (κ3) is 2.43. The molecule has 0 saturated heterocycles. The molecule has 0 fully saturated rings. The van der Waals surface area contributed by atoms with Gasteiger partial charge in [-0.1, -0.05) is 30.3 Å². The van der Waals surface area contributed by atoms with Crippen molar-refractivity contribution in [2.75, 3.05) is 0 Å². The standard InChI is InChI=1S/C16H15BrN2O/c1-11-16(17)15(19(2)18-11)10-20-14-8-7-12-5-3-4-6-13(12)9-14/h3-9H,10H2,1-2H3. The van der Waals surface area contributed by atoms with Crippen molar-refractivity contribution in [1.82, 2.24) is 9.78 Å². The maximum atomic E-state index is 5.88. The number of fused-ring (bicyclic) bond motifs is 1. The van der Waals surface area contributed by atoms with Crippen molar-refractivity contribution in [3.8, 4) is 5.75 Å². The lowest BCUT2D eigenvalue weighted by Gasteiger charge is -2.08. The second-order valence-corrected chi connectivity index (χ2v) is 5.56. The number of aromatic nitrogens is 2. The number of ether oxygens (including phenoxy) is 1. The van der Waals surface area contributed by atoms with Crippen LogP contribution in [0.3, 0.4) is 0 Å². The number of benzene rings is 2. The van der Waals surface area contributed by atoms with Crippen molar-refractivity contribution < 1.29 is 4.74 Å². The summed E-state index contributed by atoms with van der Waals surface area (Å²) in [6.45, 7) is 2.47. The molecule has 0 saturated carbocycles. The molecule has 0 amide bonds. The van der Waals surface area contributed by atoms with Gasteiger partial charge in [-0.2, -0.15) is 5.10 Å². The van der Waals surface area contributed by atoms with Gasteiger partial charge in [0.1, 0.15) is 12.4 Å². The number of rotatable bonds is 3. The molecule has 0 N–H and O–H groups in total. The van der Waals surface area contributed by atoms with Crippen molar-refractivity contribution in [2.45, 2.75) is 13.5 Å². The molecular weight excluding hydrogens is 316 g/mol. The number of halogens is 1. The van der Waals surface area contributed by atoms with Crippen molar-refractivity contribution in [1.29, 1.82) is 0 Å². The van der Waals surface area contributed by atoms with Crippen LogP contribution in [0.2, 0.25) is 0 Å². The van der Waals surface area contributed by atoms with Gasteiger partial charge in [0.2, 0.25) is 0 Å². The predicted octanol–water partition coefficient (Wildman–Crippen LogP) is 4.22. The van der Waals surface area contributed by atoms with Gasteiger partial charge in [0, 0.05) is 7.05 Å². The topological polar surface area (TPSA) is 27.1 Å². The van der Waals surface area contributed by atoms with Crippen LogP contribution in [0.4, 0.5) is 0 Å². The minimum Gasteiger partial charge on any atom is -0.487 e. The van der Waals surface area contributed by atoms with Crippen LogP contribution in [-0.4, -0.2) is 9.78 Å². The first-order valence-corrected chi connectivity index (χ1v) is 7.24. The van der Waals surface area contributed by atoms with E-state index < -0.39 is 0 Å². The summed E-state index contributed by atoms with van der Waals surface area (Å²) in [5.41, 5.74) is 2.01. The molecule has 20 heavy (non-hydrogen) atoms. The Kier molecular flexibility index (Phi) is 3.49. The molecule has 1 aromatic heterocycles. The van der Waals surface area contributed by atoms with Gasteiger partial charge in [-0.05, 0) is 45.8 Å². The molecule has 3 aromatic rings. The van der Waals surface area contributed by atoms with E-state index in [4.69, 9.17) is 4.74 Å². The molecule has 102 valence electrons. The fourth-order valence-corrected chi connectivity index (χ4v) is 2.70. The fourth-order valence-electron chi connectivity index (χ4n) is 2.25. The zero-order valence-electron chi connectivity index (χ0n) is 11.4. The molecule has 0 aliphatic heterocycles. The molecule has 1 heterocycles. The molecule has 2 aromatic carbocycles. The van der Waals surface area contributed by atoms with E-state index in [1.54, 1.807) is 0 Å². The van der Waals surface area contributed by atoms with Gasteiger partial charge < -0.3 is 4.74 Å². The van der Waals surface area contributed by atoms with E-state index in [9.17, 15) is 0 Å². The molecule has 0 unspecified atom stereocenters. The molecule has 0 aliphatic carbocycles. The minimum atomic E-state index is 0.496. The lowest BCUT2D eigenvalue weighted by Crippen LogP contribution is -2.03. The average Bonchev–Trinajstić information content (AvgIpc) is 2.70. The number of hydrogen-bond donors (Lipinski definition) is 0. The summed E-state index contributed by atoms with van der Waals surface area (Å²) in [5, 5.41) is 6.77. The van der Waals surface area contributed by atoms with Crippen LogP contribution in [0.25, 0.3) is 10.8 Å². The Morgan fingerprint density at radius 3 is 2.60 bits per heavy atom. The van der Waals surface area contributed by atoms with E-state index in [2.05, 4.69) is 45.3 Å². The maximum absolute atomic E-state index is 5.88. The first kappa shape index (κ1) is 13.2. The summed E-state index contributed by atoms with van der Waals surface area (Å²) >= 11 is 3.55. The smallest absolute Gasteiger partial charge is 0.131 e. The predicted molar refractivity (Wildman–Crippen MR) is 83.9 cm³/mol. The lowest BCUT2D eigenvalue weighted by atomic mass is 10.1. The van der Waals surface area contributed by atoms with Crippen LogP contribution < -0.4 is 4.74 Å². The van der Waals surface area contributed by atoms with E-state index in [0.717, 1.165) is 21.6 Å². The summed E-state index contributed by atoms with van der Waals surface area (Å²) in [4.78, 5) is 0. The molecule has 4 heteroatoms. The molecule has 3 rings (SSSR count). The van der Waals surface area contributed by atoms with Gasteiger partial charge in [-0.15, -0.1) is 0 Å². The minimum absolute atomic E-state index is 0.496. The second-order valence-electron chi connectivity index (χ2n) is 4.77. The highest BCUT2D eigenvalue weighted by Gasteiger charge is 2.11. The molecular formula is C16H15BrN2O. The van der Waals surface area contributed by atoms with Crippen LogP contribution >= 0.6 is 15.9 Å². The van der Waals surface area contributed by atoms with Crippen LogP contribution in [0.5, 0.6) is 5.75 Å². The largest absolute Gasteiger partial charge is 0.487 e. The highest BCUT2D eigenvalue weighted by molar-refractivity contribution is 9.10. The summed E-state index contributed by atoms with van der Waals surface area (Å²) in [7, 11) is 1.93. The molecule has 3 nitrogen and oxygen atoms in total. The van der Waals surface area contributed by atoms with Gasteiger partial charge >= 0.3 is 0 Å². The number of aryl methyl sites for hydroxylation is 2. The molecule has 0 aliphatic rings. The Morgan fingerprint density at radius 1 is 1.15 bits per heavy atom. The van der Waals surface area contributed by atoms with Crippen LogP contribution in [0, 0.1) is 6.92 Å². The second kappa shape index (κ2) is 5.29. The quantitative estimate of drug-likeness (QED) is 0.718. The Bertz CT molecular complexity index is 764. The van der Waals surface area contributed by atoms with Gasteiger partial charge in [-0.25, -0.2) is 0 Å². The van der Waals surface area contributed by atoms with Crippen molar-refractivity contribution in [3.05, 3.63) is 58.3 Å². The van der Waals surface area contributed by atoms with Crippen LogP contribution in [0.15, 0.2) is 46.9 Å². The van der Waals surface area contributed by atoms with E-state index in [1.165, 1.54) is 10.8 Å².